The molecule has 5 atom stereocenters. The highest BCUT2D eigenvalue weighted by Gasteiger charge is 2.37. The monoisotopic (exact) mass is 376 g/mol. The van der Waals surface area contributed by atoms with Crippen LogP contribution in [0.15, 0.2) is 18.5 Å². The fourth-order valence-electron chi connectivity index (χ4n) is 6.06. The van der Waals surface area contributed by atoms with Crippen LogP contribution >= 0.6 is 0 Å². The molecular formula is C24H31F3. The van der Waals surface area contributed by atoms with Crippen molar-refractivity contribution >= 4 is 0 Å². The molecular weight excluding hydrogens is 345 g/mol. The topological polar surface area (TPSA) is 0 Å². The van der Waals surface area contributed by atoms with Crippen molar-refractivity contribution in [3.8, 4) is 0 Å². The fourth-order valence-corrected chi connectivity index (χ4v) is 6.06. The molecule has 2 saturated carbocycles. The fraction of sp³-hybridized carbons (Fsp3) is 0.667. The molecule has 2 fully saturated rings. The quantitative estimate of drug-likeness (QED) is 0.520. The van der Waals surface area contributed by atoms with Gasteiger partial charge in [-0.25, -0.2) is 13.2 Å². The van der Waals surface area contributed by atoms with Gasteiger partial charge in [-0.05, 0) is 104 Å². The van der Waals surface area contributed by atoms with E-state index in [9.17, 15) is 13.2 Å². The van der Waals surface area contributed by atoms with Crippen molar-refractivity contribution < 1.29 is 13.2 Å². The lowest BCUT2D eigenvalue weighted by atomic mass is 9.63. The van der Waals surface area contributed by atoms with Crippen LogP contribution < -0.4 is 0 Å². The van der Waals surface area contributed by atoms with E-state index in [-0.39, 0.29) is 5.92 Å². The van der Waals surface area contributed by atoms with Gasteiger partial charge in [-0.1, -0.05) is 25.5 Å². The minimum Gasteiger partial charge on any atom is -0.216 e. The third kappa shape index (κ3) is 3.71. The van der Waals surface area contributed by atoms with Crippen LogP contribution in [0.3, 0.4) is 0 Å². The Hall–Kier alpha value is -1.25. The Balaban J connectivity index is 1.53. The molecule has 1 aromatic carbocycles. The van der Waals surface area contributed by atoms with E-state index in [4.69, 9.17) is 0 Å². The summed E-state index contributed by atoms with van der Waals surface area (Å²) in [6.45, 7) is 2.13. The summed E-state index contributed by atoms with van der Waals surface area (Å²) in [5, 5.41) is 0. The average Bonchev–Trinajstić information content (AvgIpc) is 2.70. The summed E-state index contributed by atoms with van der Waals surface area (Å²) in [5.41, 5.74) is 2.32. The first-order chi connectivity index (χ1) is 13.1. The van der Waals surface area contributed by atoms with Gasteiger partial charge in [0.05, 0.1) is 6.33 Å². The van der Waals surface area contributed by atoms with Gasteiger partial charge in [0.1, 0.15) is 0 Å². The van der Waals surface area contributed by atoms with Crippen molar-refractivity contribution in [1.29, 1.82) is 0 Å². The molecule has 0 bridgehead atoms. The van der Waals surface area contributed by atoms with Gasteiger partial charge in [0.15, 0.2) is 11.6 Å². The van der Waals surface area contributed by atoms with Crippen LogP contribution in [0.25, 0.3) is 0 Å². The zero-order valence-electron chi connectivity index (χ0n) is 16.3. The van der Waals surface area contributed by atoms with E-state index in [2.05, 4.69) is 6.92 Å². The lowest BCUT2D eigenvalue weighted by molar-refractivity contribution is 0.132. The summed E-state index contributed by atoms with van der Waals surface area (Å²) in [4.78, 5) is 0. The first-order valence-electron chi connectivity index (χ1n) is 10.9. The molecule has 1 aromatic rings. The first kappa shape index (κ1) is 19.1. The molecule has 5 unspecified atom stereocenters. The highest BCUT2D eigenvalue weighted by atomic mass is 19.2. The Morgan fingerprint density at radius 2 is 1.78 bits per heavy atom. The summed E-state index contributed by atoms with van der Waals surface area (Å²) in [6, 6.07) is 2.00. The molecule has 0 radical (unpaired) electrons. The number of hydrogen-bond donors (Lipinski definition) is 0. The SMILES string of the molecule is CCC1CCc2cc(C3CCC4CC(/C=C/F)CCC4C3)c(F)c(F)c2C1. The number of benzene rings is 1. The highest BCUT2D eigenvalue weighted by molar-refractivity contribution is 5.38. The predicted molar refractivity (Wildman–Crippen MR) is 103 cm³/mol. The second kappa shape index (κ2) is 8.01. The zero-order valence-corrected chi connectivity index (χ0v) is 16.3. The van der Waals surface area contributed by atoms with E-state index in [1.165, 1.54) is 0 Å². The molecule has 0 spiro atoms. The maximum absolute atomic E-state index is 15.0. The molecule has 0 heterocycles. The third-order valence-corrected chi connectivity index (χ3v) is 7.76. The number of hydrogen-bond acceptors (Lipinski definition) is 0. The maximum Gasteiger partial charge on any atom is 0.162 e. The van der Waals surface area contributed by atoms with E-state index in [0.29, 0.717) is 47.5 Å². The van der Waals surface area contributed by atoms with Crippen molar-refractivity contribution in [3.63, 3.8) is 0 Å². The van der Waals surface area contributed by atoms with Crippen molar-refractivity contribution in [2.45, 2.75) is 77.0 Å². The summed E-state index contributed by atoms with van der Waals surface area (Å²) in [5.74, 6) is 1.03. The molecule has 0 saturated heterocycles. The van der Waals surface area contributed by atoms with E-state index in [1.54, 1.807) is 6.08 Å². The van der Waals surface area contributed by atoms with Crippen molar-refractivity contribution in [2.24, 2.45) is 23.7 Å². The van der Waals surface area contributed by atoms with Crippen LogP contribution in [0.5, 0.6) is 0 Å². The normalized spacial score (nSPS) is 33.7. The number of fused-ring (bicyclic) bond motifs is 2. The average molecular weight is 377 g/mol. The van der Waals surface area contributed by atoms with E-state index < -0.39 is 11.6 Å². The second-order valence-electron chi connectivity index (χ2n) is 9.17. The summed E-state index contributed by atoms with van der Waals surface area (Å²) in [7, 11) is 0. The number of rotatable bonds is 3. The molecule has 4 rings (SSSR count). The maximum atomic E-state index is 15.0. The Kier molecular flexibility index (Phi) is 5.66. The third-order valence-electron chi connectivity index (χ3n) is 7.76. The standard InChI is InChI=1S/C24H31F3/c1-2-15-3-6-20-14-22(24(27)23(26)21(20)12-15)19-8-7-17-11-16(9-10-25)4-5-18(17)13-19/h9-10,14-19H,2-8,11-13H2,1H3/b10-9+. The van der Waals surface area contributed by atoms with Gasteiger partial charge in [-0.2, -0.15) is 0 Å². The molecule has 3 aliphatic carbocycles. The Labute approximate surface area is 161 Å². The minimum atomic E-state index is -0.581. The van der Waals surface area contributed by atoms with Gasteiger partial charge in [0, 0.05) is 0 Å². The van der Waals surface area contributed by atoms with Gasteiger partial charge < -0.3 is 0 Å². The molecule has 3 heteroatoms. The molecule has 0 amide bonds. The Morgan fingerprint density at radius 1 is 1.00 bits per heavy atom. The number of allylic oxidation sites excluding steroid dienone is 1. The number of aryl methyl sites for hydroxylation is 1. The van der Waals surface area contributed by atoms with Crippen molar-refractivity contribution in [2.75, 3.05) is 0 Å². The van der Waals surface area contributed by atoms with E-state index in [0.717, 1.165) is 63.4 Å². The summed E-state index contributed by atoms with van der Waals surface area (Å²) >= 11 is 0. The summed E-state index contributed by atoms with van der Waals surface area (Å²) in [6.07, 6.45) is 12.2. The van der Waals surface area contributed by atoms with Gasteiger partial charge in [0.2, 0.25) is 0 Å². The molecule has 148 valence electrons. The lowest BCUT2D eigenvalue weighted by Gasteiger charge is -2.42. The van der Waals surface area contributed by atoms with Crippen molar-refractivity contribution in [1.82, 2.24) is 0 Å². The Morgan fingerprint density at radius 3 is 2.56 bits per heavy atom. The number of halogens is 3. The molecule has 0 aromatic heterocycles. The largest absolute Gasteiger partial charge is 0.216 e. The van der Waals surface area contributed by atoms with Crippen LogP contribution in [0.2, 0.25) is 0 Å². The van der Waals surface area contributed by atoms with Crippen LogP contribution in [-0.2, 0) is 12.8 Å². The molecule has 3 aliphatic rings. The zero-order chi connectivity index (χ0) is 19.0. The molecule has 0 nitrogen and oxygen atoms in total. The van der Waals surface area contributed by atoms with E-state index in [1.807, 2.05) is 6.07 Å². The first-order valence-corrected chi connectivity index (χ1v) is 10.9. The molecule has 0 N–H and O–H groups in total. The lowest BCUT2D eigenvalue weighted by Crippen LogP contribution is -2.30. The van der Waals surface area contributed by atoms with Crippen LogP contribution in [0.1, 0.15) is 80.9 Å². The molecule has 0 aliphatic heterocycles. The summed E-state index contributed by atoms with van der Waals surface area (Å²) < 4.78 is 42.3. The van der Waals surface area contributed by atoms with Crippen LogP contribution in [0, 0.1) is 35.3 Å². The Bertz CT molecular complexity index is 708. The van der Waals surface area contributed by atoms with E-state index >= 15 is 0 Å². The van der Waals surface area contributed by atoms with Gasteiger partial charge in [-0.15, -0.1) is 0 Å². The van der Waals surface area contributed by atoms with Crippen LogP contribution in [-0.4, -0.2) is 0 Å². The van der Waals surface area contributed by atoms with Gasteiger partial charge >= 0.3 is 0 Å². The highest BCUT2D eigenvalue weighted by Crippen LogP contribution is 2.49. The van der Waals surface area contributed by atoms with Gasteiger partial charge in [-0.3, -0.25) is 0 Å². The smallest absolute Gasteiger partial charge is 0.162 e. The van der Waals surface area contributed by atoms with Crippen LogP contribution in [0.4, 0.5) is 13.2 Å². The molecule has 27 heavy (non-hydrogen) atoms. The predicted octanol–water partition coefficient (Wildman–Crippen LogP) is 7.26. The minimum absolute atomic E-state index is 0.142. The van der Waals surface area contributed by atoms with Gasteiger partial charge in [0.25, 0.3) is 0 Å². The second-order valence-corrected chi connectivity index (χ2v) is 9.17. The van der Waals surface area contributed by atoms with Crippen molar-refractivity contribution in [3.05, 3.63) is 46.8 Å².